The number of thioether (sulfide) groups is 1. The zero-order valence-electron chi connectivity index (χ0n) is 12.4. The Bertz CT molecular complexity index is 490. The number of anilines is 2. The quantitative estimate of drug-likeness (QED) is 0.847. The minimum absolute atomic E-state index is 0.0329. The van der Waals surface area contributed by atoms with Crippen molar-refractivity contribution in [2.45, 2.75) is 29.9 Å². The molecule has 0 saturated carbocycles. The standard InChI is InChI=1S/C15H23N3OS/c1-4-13-15(19)18(9-5-8-17(2)3)12-10-11(16)6-7-14(12)20-13/h6-7,10,13H,4-5,8-9,16H2,1-3H3. The summed E-state index contributed by atoms with van der Waals surface area (Å²) in [5.74, 6) is 0.217. The van der Waals surface area contributed by atoms with Crippen LogP contribution in [0.4, 0.5) is 11.4 Å². The van der Waals surface area contributed by atoms with E-state index in [2.05, 4.69) is 25.9 Å². The predicted octanol–water partition coefficient (Wildman–Crippen LogP) is 2.44. The summed E-state index contributed by atoms with van der Waals surface area (Å²) in [6, 6.07) is 5.86. The Morgan fingerprint density at radius 1 is 1.40 bits per heavy atom. The molecule has 4 nitrogen and oxygen atoms in total. The second-order valence-corrected chi connectivity index (χ2v) is 6.63. The minimum atomic E-state index is 0.0329. The average molecular weight is 293 g/mol. The van der Waals surface area contributed by atoms with Gasteiger partial charge < -0.3 is 15.5 Å². The van der Waals surface area contributed by atoms with Crippen LogP contribution in [0.1, 0.15) is 19.8 Å². The Hall–Kier alpha value is -1.20. The molecule has 110 valence electrons. The van der Waals surface area contributed by atoms with Crippen molar-refractivity contribution in [2.24, 2.45) is 0 Å². The van der Waals surface area contributed by atoms with E-state index in [0.717, 1.165) is 36.5 Å². The molecule has 2 N–H and O–H groups in total. The van der Waals surface area contributed by atoms with Gasteiger partial charge in [0, 0.05) is 17.1 Å². The Morgan fingerprint density at radius 2 is 2.15 bits per heavy atom. The zero-order chi connectivity index (χ0) is 14.7. The fourth-order valence-electron chi connectivity index (χ4n) is 2.37. The topological polar surface area (TPSA) is 49.6 Å². The zero-order valence-corrected chi connectivity index (χ0v) is 13.2. The molecule has 1 heterocycles. The lowest BCUT2D eigenvalue weighted by atomic mass is 10.2. The van der Waals surface area contributed by atoms with Crippen LogP contribution in [0.3, 0.4) is 0 Å². The highest BCUT2D eigenvalue weighted by Crippen LogP contribution is 2.41. The highest BCUT2D eigenvalue weighted by Gasteiger charge is 2.32. The Labute approximate surface area is 125 Å². The largest absolute Gasteiger partial charge is 0.399 e. The SMILES string of the molecule is CCC1Sc2ccc(N)cc2N(CCCN(C)C)C1=O. The van der Waals surface area contributed by atoms with E-state index in [1.165, 1.54) is 0 Å². The molecule has 1 aliphatic heterocycles. The molecule has 0 aliphatic carbocycles. The first kappa shape index (κ1) is 15.2. The monoisotopic (exact) mass is 293 g/mol. The fourth-order valence-corrected chi connectivity index (χ4v) is 3.51. The molecule has 1 aromatic carbocycles. The van der Waals surface area contributed by atoms with Crippen LogP contribution in [-0.2, 0) is 4.79 Å². The Balaban J connectivity index is 2.23. The molecule has 1 aromatic rings. The van der Waals surface area contributed by atoms with Gasteiger partial charge in [0.15, 0.2) is 0 Å². The molecule has 5 heteroatoms. The predicted molar refractivity (Wildman–Crippen MR) is 86.3 cm³/mol. The third kappa shape index (κ3) is 3.27. The first-order valence-corrected chi connectivity index (χ1v) is 7.93. The summed E-state index contributed by atoms with van der Waals surface area (Å²) in [6.45, 7) is 3.80. The van der Waals surface area contributed by atoms with Gasteiger partial charge in [-0.1, -0.05) is 6.92 Å². The molecule has 1 aliphatic rings. The van der Waals surface area contributed by atoms with E-state index < -0.39 is 0 Å². The van der Waals surface area contributed by atoms with Crippen LogP contribution >= 0.6 is 11.8 Å². The van der Waals surface area contributed by atoms with E-state index in [1.807, 2.05) is 23.1 Å². The van der Waals surface area contributed by atoms with Crippen LogP contribution in [0.15, 0.2) is 23.1 Å². The molecule has 1 amide bonds. The van der Waals surface area contributed by atoms with Crippen molar-refractivity contribution in [1.29, 1.82) is 0 Å². The van der Waals surface area contributed by atoms with E-state index in [0.29, 0.717) is 5.69 Å². The van der Waals surface area contributed by atoms with E-state index >= 15 is 0 Å². The molecule has 20 heavy (non-hydrogen) atoms. The van der Waals surface area contributed by atoms with Crippen molar-refractivity contribution < 1.29 is 4.79 Å². The van der Waals surface area contributed by atoms with E-state index in [1.54, 1.807) is 11.8 Å². The highest BCUT2D eigenvalue weighted by molar-refractivity contribution is 8.01. The van der Waals surface area contributed by atoms with Gasteiger partial charge in [-0.05, 0) is 51.7 Å². The van der Waals surface area contributed by atoms with Crippen molar-refractivity contribution in [3.05, 3.63) is 18.2 Å². The van der Waals surface area contributed by atoms with Gasteiger partial charge in [0.2, 0.25) is 5.91 Å². The summed E-state index contributed by atoms with van der Waals surface area (Å²) in [6.07, 6.45) is 1.82. The highest BCUT2D eigenvalue weighted by atomic mass is 32.2. The molecular formula is C15H23N3OS. The number of carbonyl (C=O) groups excluding carboxylic acids is 1. The van der Waals surface area contributed by atoms with Gasteiger partial charge in [0.1, 0.15) is 0 Å². The van der Waals surface area contributed by atoms with Gasteiger partial charge in [-0.15, -0.1) is 11.8 Å². The van der Waals surface area contributed by atoms with Crippen LogP contribution in [0.25, 0.3) is 0 Å². The maximum absolute atomic E-state index is 12.6. The van der Waals surface area contributed by atoms with Crippen molar-refractivity contribution in [1.82, 2.24) is 4.90 Å². The van der Waals surface area contributed by atoms with Gasteiger partial charge in [-0.25, -0.2) is 0 Å². The van der Waals surface area contributed by atoms with Crippen molar-refractivity contribution >= 4 is 29.0 Å². The molecule has 2 rings (SSSR count). The summed E-state index contributed by atoms with van der Waals surface area (Å²) in [7, 11) is 4.10. The Kier molecular flexibility index (Phi) is 4.94. The number of benzene rings is 1. The van der Waals surface area contributed by atoms with Crippen LogP contribution in [0, 0.1) is 0 Å². The lowest BCUT2D eigenvalue weighted by molar-refractivity contribution is -0.118. The third-order valence-corrected chi connectivity index (χ3v) is 4.86. The molecule has 0 aromatic heterocycles. The summed E-state index contributed by atoms with van der Waals surface area (Å²) >= 11 is 1.66. The van der Waals surface area contributed by atoms with E-state index in [9.17, 15) is 4.79 Å². The van der Waals surface area contributed by atoms with Crippen molar-refractivity contribution in [3.63, 3.8) is 0 Å². The van der Waals surface area contributed by atoms with E-state index in [4.69, 9.17) is 5.73 Å². The summed E-state index contributed by atoms with van der Waals surface area (Å²) in [5, 5.41) is 0.0329. The number of hydrogen-bond donors (Lipinski definition) is 1. The van der Waals surface area contributed by atoms with Crippen molar-refractivity contribution in [3.8, 4) is 0 Å². The maximum Gasteiger partial charge on any atom is 0.240 e. The number of carbonyl (C=O) groups is 1. The van der Waals surface area contributed by atoms with E-state index in [-0.39, 0.29) is 11.2 Å². The maximum atomic E-state index is 12.6. The smallest absolute Gasteiger partial charge is 0.240 e. The lowest BCUT2D eigenvalue weighted by Crippen LogP contribution is -2.42. The number of rotatable bonds is 5. The van der Waals surface area contributed by atoms with Gasteiger partial charge in [-0.2, -0.15) is 0 Å². The summed E-state index contributed by atoms with van der Waals surface area (Å²) in [4.78, 5) is 17.8. The van der Waals surface area contributed by atoms with Crippen LogP contribution < -0.4 is 10.6 Å². The molecule has 0 fully saturated rings. The van der Waals surface area contributed by atoms with Crippen LogP contribution in [0.5, 0.6) is 0 Å². The lowest BCUT2D eigenvalue weighted by Gasteiger charge is -2.33. The van der Waals surface area contributed by atoms with Gasteiger partial charge >= 0.3 is 0 Å². The molecule has 0 saturated heterocycles. The third-order valence-electron chi connectivity index (χ3n) is 3.44. The molecule has 0 radical (unpaired) electrons. The molecular weight excluding hydrogens is 270 g/mol. The summed E-state index contributed by atoms with van der Waals surface area (Å²) in [5.41, 5.74) is 7.57. The number of nitrogens with two attached hydrogens (primary N) is 1. The average Bonchev–Trinajstić information content (AvgIpc) is 2.41. The van der Waals surface area contributed by atoms with Crippen molar-refractivity contribution in [2.75, 3.05) is 37.8 Å². The number of amides is 1. The van der Waals surface area contributed by atoms with Gasteiger partial charge in [0.05, 0.1) is 10.9 Å². The summed E-state index contributed by atoms with van der Waals surface area (Å²) < 4.78 is 0. The van der Waals surface area contributed by atoms with Gasteiger partial charge in [0.25, 0.3) is 0 Å². The number of fused-ring (bicyclic) bond motifs is 1. The number of nitrogen functional groups attached to an aromatic ring is 1. The molecule has 0 bridgehead atoms. The first-order chi connectivity index (χ1) is 9.52. The van der Waals surface area contributed by atoms with Crippen LogP contribution in [0.2, 0.25) is 0 Å². The number of nitrogens with zero attached hydrogens (tertiary/aromatic N) is 2. The molecule has 0 spiro atoms. The Morgan fingerprint density at radius 3 is 2.80 bits per heavy atom. The first-order valence-electron chi connectivity index (χ1n) is 7.05. The number of hydrogen-bond acceptors (Lipinski definition) is 4. The van der Waals surface area contributed by atoms with Crippen LogP contribution in [-0.4, -0.2) is 43.2 Å². The fraction of sp³-hybridized carbons (Fsp3) is 0.533. The normalized spacial score (nSPS) is 18.5. The molecule has 1 unspecified atom stereocenters. The molecule has 1 atom stereocenters. The van der Waals surface area contributed by atoms with Gasteiger partial charge in [-0.3, -0.25) is 4.79 Å². The second kappa shape index (κ2) is 6.50. The second-order valence-electron chi connectivity index (χ2n) is 5.39. The minimum Gasteiger partial charge on any atom is -0.399 e.